The van der Waals surface area contributed by atoms with E-state index in [1.165, 1.54) is 40.7 Å². The lowest BCUT2D eigenvalue weighted by Gasteiger charge is -2.29. The van der Waals surface area contributed by atoms with Gasteiger partial charge in [0, 0.05) is 18.8 Å². The van der Waals surface area contributed by atoms with Gasteiger partial charge in [0.25, 0.3) is 10.0 Å². The van der Waals surface area contributed by atoms with Crippen molar-refractivity contribution in [2.24, 2.45) is 5.92 Å². The molecule has 1 aliphatic heterocycles. The van der Waals surface area contributed by atoms with Crippen molar-refractivity contribution in [3.05, 3.63) is 40.7 Å². The fraction of sp³-hybridized carbons (Fsp3) is 0.375. The van der Waals surface area contributed by atoms with Crippen LogP contribution in [-0.2, 0) is 20.0 Å². The number of nitrogens with zero attached hydrogens (tertiary/aromatic N) is 1. The Morgan fingerprint density at radius 3 is 2.19 bits per heavy atom. The third kappa shape index (κ3) is 4.23. The number of hydrogen-bond donors (Lipinski definition) is 1. The number of sulfonamides is 2. The van der Waals surface area contributed by atoms with Gasteiger partial charge in [0.1, 0.15) is 4.21 Å². The maximum Gasteiger partial charge on any atom is 0.271 e. The number of halogens is 1. The van der Waals surface area contributed by atoms with Crippen molar-refractivity contribution >= 4 is 48.7 Å². The molecule has 0 spiro atoms. The Kier molecular flexibility index (Phi) is 5.64. The molecular formula is C16H19ClN2O4S3. The van der Waals surface area contributed by atoms with Gasteiger partial charge in [0.2, 0.25) is 10.0 Å². The first-order valence-electron chi connectivity index (χ1n) is 8.07. The lowest BCUT2D eigenvalue weighted by Crippen LogP contribution is -2.37. The molecule has 10 heteroatoms. The lowest BCUT2D eigenvalue weighted by molar-refractivity contribution is 0.288. The van der Waals surface area contributed by atoms with Crippen LogP contribution in [0.25, 0.3) is 0 Å². The van der Waals surface area contributed by atoms with Crippen LogP contribution in [0.3, 0.4) is 0 Å². The molecule has 0 amide bonds. The highest BCUT2D eigenvalue weighted by molar-refractivity contribution is 7.94. The van der Waals surface area contributed by atoms with Crippen molar-refractivity contribution < 1.29 is 16.8 Å². The smallest absolute Gasteiger partial charge is 0.271 e. The molecule has 1 aromatic carbocycles. The minimum absolute atomic E-state index is 0.0987. The van der Waals surface area contributed by atoms with Gasteiger partial charge < -0.3 is 0 Å². The van der Waals surface area contributed by atoms with E-state index in [0.717, 1.165) is 24.2 Å². The van der Waals surface area contributed by atoms with Crippen LogP contribution < -0.4 is 4.72 Å². The molecule has 0 saturated carbocycles. The van der Waals surface area contributed by atoms with E-state index in [0.29, 0.717) is 29.0 Å². The second-order valence-electron chi connectivity index (χ2n) is 6.28. The number of piperidine rings is 1. The molecule has 0 unspecified atom stereocenters. The monoisotopic (exact) mass is 434 g/mol. The van der Waals surface area contributed by atoms with Crippen molar-refractivity contribution in [1.29, 1.82) is 0 Å². The van der Waals surface area contributed by atoms with E-state index in [-0.39, 0.29) is 9.10 Å². The van der Waals surface area contributed by atoms with E-state index < -0.39 is 20.0 Å². The van der Waals surface area contributed by atoms with E-state index in [9.17, 15) is 16.8 Å². The molecule has 1 fully saturated rings. The van der Waals surface area contributed by atoms with Gasteiger partial charge in [0.15, 0.2) is 0 Å². The van der Waals surface area contributed by atoms with Gasteiger partial charge in [-0.15, -0.1) is 11.3 Å². The van der Waals surface area contributed by atoms with Gasteiger partial charge in [-0.1, -0.05) is 18.5 Å². The Morgan fingerprint density at radius 2 is 1.65 bits per heavy atom. The van der Waals surface area contributed by atoms with Crippen LogP contribution in [-0.4, -0.2) is 34.2 Å². The summed E-state index contributed by atoms with van der Waals surface area (Å²) in [6.07, 6.45) is 1.70. The Hall–Kier alpha value is -1.13. The molecule has 0 radical (unpaired) electrons. The van der Waals surface area contributed by atoms with E-state index in [2.05, 4.69) is 11.6 Å². The highest BCUT2D eigenvalue weighted by Crippen LogP contribution is 2.28. The average molecular weight is 435 g/mol. The van der Waals surface area contributed by atoms with Crippen molar-refractivity contribution in [3.63, 3.8) is 0 Å². The molecule has 0 aliphatic carbocycles. The summed E-state index contributed by atoms with van der Waals surface area (Å²) in [5.74, 6) is 0.531. The number of benzene rings is 1. The van der Waals surface area contributed by atoms with Crippen molar-refractivity contribution in [2.75, 3.05) is 17.8 Å². The molecule has 142 valence electrons. The minimum Gasteiger partial charge on any atom is -0.279 e. The quantitative estimate of drug-likeness (QED) is 0.778. The highest BCUT2D eigenvalue weighted by atomic mass is 35.5. The van der Waals surface area contributed by atoms with Crippen LogP contribution >= 0.6 is 22.9 Å². The van der Waals surface area contributed by atoms with E-state index in [4.69, 9.17) is 11.6 Å². The predicted molar refractivity (Wildman–Crippen MR) is 104 cm³/mol. The molecule has 3 rings (SSSR count). The second kappa shape index (κ2) is 7.47. The summed E-state index contributed by atoms with van der Waals surface area (Å²) in [6, 6.07) is 8.68. The Bertz CT molecular complexity index is 977. The highest BCUT2D eigenvalue weighted by Gasteiger charge is 2.28. The number of hydrogen-bond acceptors (Lipinski definition) is 5. The van der Waals surface area contributed by atoms with Crippen LogP contribution in [0.4, 0.5) is 5.69 Å². The zero-order valence-electron chi connectivity index (χ0n) is 14.1. The fourth-order valence-electron chi connectivity index (χ4n) is 2.72. The average Bonchev–Trinajstić information content (AvgIpc) is 3.03. The van der Waals surface area contributed by atoms with Crippen LogP contribution in [0.15, 0.2) is 45.5 Å². The molecule has 2 heterocycles. The fourth-order valence-corrected chi connectivity index (χ4v) is 6.73. The van der Waals surface area contributed by atoms with E-state index in [1.807, 2.05) is 0 Å². The zero-order chi connectivity index (χ0) is 18.9. The van der Waals surface area contributed by atoms with Gasteiger partial charge in [-0.3, -0.25) is 4.72 Å². The third-order valence-electron chi connectivity index (χ3n) is 4.30. The Labute approximate surface area is 162 Å². The van der Waals surface area contributed by atoms with Gasteiger partial charge in [-0.2, -0.15) is 4.31 Å². The first-order valence-corrected chi connectivity index (χ1v) is 12.2. The summed E-state index contributed by atoms with van der Waals surface area (Å²) in [5.41, 5.74) is 0.292. The minimum atomic E-state index is -3.74. The number of thiophene rings is 1. The van der Waals surface area contributed by atoms with Crippen molar-refractivity contribution in [3.8, 4) is 0 Å². The number of nitrogens with one attached hydrogen (secondary N) is 1. The molecule has 2 aromatic rings. The lowest BCUT2D eigenvalue weighted by atomic mass is 10.0. The van der Waals surface area contributed by atoms with Gasteiger partial charge in [0.05, 0.1) is 9.23 Å². The summed E-state index contributed by atoms with van der Waals surface area (Å²) in [5, 5.41) is 0. The van der Waals surface area contributed by atoms with Crippen molar-refractivity contribution in [2.45, 2.75) is 28.9 Å². The standard InChI is InChI=1S/C16H19ClN2O4S3/c1-12-8-10-19(11-9-12)26(22,23)14-4-2-13(3-5-14)18-25(20,21)16-7-6-15(17)24-16/h2-7,12,18H,8-11H2,1H3. The summed E-state index contributed by atoms with van der Waals surface area (Å²) in [4.78, 5) is 0.161. The van der Waals surface area contributed by atoms with Crippen molar-refractivity contribution in [1.82, 2.24) is 4.31 Å². The molecule has 1 N–H and O–H groups in total. The molecule has 1 saturated heterocycles. The normalized spacial score (nSPS) is 17.3. The third-order valence-corrected chi connectivity index (χ3v) is 9.32. The van der Waals surface area contributed by atoms with E-state index in [1.54, 1.807) is 0 Å². The maximum atomic E-state index is 12.7. The van der Waals surface area contributed by atoms with Gasteiger partial charge in [-0.05, 0) is 55.2 Å². The molecular weight excluding hydrogens is 416 g/mol. The SMILES string of the molecule is CC1CCN(S(=O)(=O)c2ccc(NS(=O)(=O)c3ccc(Cl)s3)cc2)CC1. The van der Waals surface area contributed by atoms with Crippen LogP contribution in [0.1, 0.15) is 19.8 Å². The molecule has 0 bridgehead atoms. The maximum absolute atomic E-state index is 12.7. The van der Waals surface area contributed by atoms with Gasteiger partial charge >= 0.3 is 0 Å². The predicted octanol–water partition coefficient (Wildman–Crippen LogP) is 3.62. The number of rotatable bonds is 5. The first kappa shape index (κ1) is 19.6. The molecule has 1 aromatic heterocycles. The zero-order valence-corrected chi connectivity index (χ0v) is 17.3. The molecule has 26 heavy (non-hydrogen) atoms. The summed E-state index contributed by atoms with van der Waals surface area (Å²) in [7, 11) is -7.30. The summed E-state index contributed by atoms with van der Waals surface area (Å²) in [6.45, 7) is 3.14. The first-order chi connectivity index (χ1) is 12.2. The molecule has 1 aliphatic rings. The summed E-state index contributed by atoms with van der Waals surface area (Å²) < 4.78 is 54.3. The van der Waals surface area contributed by atoms with Crippen LogP contribution in [0.2, 0.25) is 4.34 Å². The van der Waals surface area contributed by atoms with E-state index >= 15 is 0 Å². The Balaban J connectivity index is 1.76. The van der Waals surface area contributed by atoms with Crippen LogP contribution in [0.5, 0.6) is 0 Å². The topological polar surface area (TPSA) is 83.6 Å². The van der Waals surface area contributed by atoms with Gasteiger partial charge in [-0.25, -0.2) is 16.8 Å². The molecule has 0 atom stereocenters. The van der Waals surface area contributed by atoms with Crippen LogP contribution in [0, 0.1) is 5.92 Å². The number of anilines is 1. The largest absolute Gasteiger partial charge is 0.279 e. The Morgan fingerprint density at radius 1 is 1.04 bits per heavy atom. The molecule has 6 nitrogen and oxygen atoms in total. The second-order valence-corrected chi connectivity index (χ2v) is 11.8. The summed E-state index contributed by atoms with van der Waals surface area (Å²) >= 11 is 6.73.